The highest BCUT2D eigenvalue weighted by atomic mass is 19.1. The number of hydrogen-bond donors (Lipinski definition) is 1. The third kappa shape index (κ3) is 4.81. The van der Waals surface area contributed by atoms with E-state index in [4.69, 9.17) is 4.74 Å². The molecular weight excluding hydrogens is 280 g/mol. The van der Waals surface area contributed by atoms with Gasteiger partial charge in [-0.15, -0.1) is 0 Å². The molecule has 1 N–H and O–H groups in total. The van der Waals surface area contributed by atoms with Crippen molar-refractivity contribution in [1.82, 2.24) is 5.32 Å². The van der Waals surface area contributed by atoms with Crippen molar-refractivity contribution in [3.05, 3.63) is 35.4 Å². The maximum Gasteiger partial charge on any atom is 0.408 e. The van der Waals surface area contributed by atoms with Crippen molar-refractivity contribution in [2.24, 2.45) is 5.41 Å². The van der Waals surface area contributed by atoms with Crippen LogP contribution in [-0.4, -0.2) is 17.9 Å². The first-order valence-corrected chi connectivity index (χ1v) is 6.49. The molecule has 116 valence electrons. The van der Waals surface area contributed by atoms with Gasteiger partial charge in [0.1, 0.15) is 18.2 Å². The minimum atomic E-state index is -0.896. The zero-order valence-corrected chi connectivity index (χ0v) is 12.5. The van der Waals surface area contributed by atoms with Gasteiger partial charge in [0.15, 0.2) is 5.78 Å². The number of amides is 1. The van der Waals surface area contributed by atoms with Gasteiger partial charge in [0.05, 0.1) is 11.6 Å². The van der Waals surface area contributed by atoms with E-state index in [0.29, 0.717) is 0 Å². The normalized spacial score (nSPS) is 12.7. The average molecular weight is 299 g/mol. The van der Waals surface area contributed by atoms with Crippen molar-refractivity contribution in [3.8, 4) is 0 Å². The van der Waals surface area contributed by atoms with Crippen molar-refractivity contribution < 1.29 is 23.1 Å². The number of halogens is 2. The van der Waals surface area contributed by atoms with Gasteiger partial charge in [-0.25, -0.2) is 13.6 Å². The zero-order chi connectivity index (χ0) is 16.2. The molecule has 1 atom stereocenters. The highest BCUT2D eigenvalue weighted by Crippen LogP contribution is 2.20. The van der Waals surface area contributed by atoms with Crippen LogP contribution in [0, 0.1) is 17.0 Å². The first-order chi connectivity index (χ1) is 9.62. The molecule has 1 amide bonds. The largest absolute Gasteiger partial charge is 0.444 e. The second kappa shape index (κ2) is 6.65. The van der Waals surface area contributed by atoms with E-state index in [1.54, 1.807) is 20.8 Å². The molecule has 1 aromatic carbocycles. The summed E-state index contributed by atoms with van der Waals surface area (Å²) in [6, 6.07) is 2.63. The molecule has 6 heteroatoms. The molecule has 0 saturated carbocycles. The molecule has 0 aliphatic rings. The summed E-state index contributed by atoms with van der Waals surface area (Å²) in [5.41, 5.74) is -0.823. The van der Waals surface area contributed by atoms with E-state index >= 15 is 0 Å². The van der Waals surface area contributed by atoms with Gasteiger partial charge in [-0.3, -0.25) is 4.79 Å². The van der Waals surface area contributed by atoms with E-state index in [-0.39, 0.29) is 11.3 Å². The van der Waals surface area contributed by atoms with Crippen LogP contribution in [-0.2, 0) is 16.1 Å². The van der Waals surface area contributed by atoms with Crippen molar-refractivity contribution >= 4 is 11.9 Å². The molecule has 1 unspecified atom stereocenters. The lowest BCUT2D eigenvalue weighted by molar-refractivity contribution is -0.121. The standard InChI is InChI=1S/C15H19F2NO3/c1-9(19)13(15(2,3)4)18-14(20)21-8-10-11(16)6-5-7-12(10)17/h5-7,13H,8H2,1-4H3,(H,18,20). The lowest BCUT2D eigenvalue weighted by Crippen LogP contribution is -2.48. The number of Topliss-reactive ketones (excluding diaryl/α,β-unsaturated/α-hetero) is 1. The number of nitrogens with one attached hydrogen (secondary N) is 1. The van der Waals surface area contributed by atoms with E-state index in [1.807, 2.05) is 0 Å². The third-order valence-electron chi connectivity index (χ3n) is 2.94. The first kappa shape index (κ1) is 17.1. The van der Waals surface area contributed by atoms with Crippen LogP contribution in [0.5, 0.6) is 0 Å². The Morgan fingerprint density at radius 3 is 2.19 bits per heavy atom. The van der Waals surface area contributed by atoms with E-state index < -0.39 is 35.8 Å². The molecule has 0 bridgehead atoms. The molecule has 0 fully saturated rings. The molecular formula is C15H19F2NO3. The zero-order valence-electron chi connectivity index (χ0n) is 12.5. The topological polar surface area (TPSA) is 55.4 Å². The Bertz CT molecular complexity index is 518. The molecule has 0 spiro atoms. The average Bonchev–Trinajstić information content (AvgIpc) is 2.33. The van der Waals surface area contributed by atoms with Gasteiger partial charge in [0, 0.05) is 0 Å². The van der Waals surface area contributed by atoms with Crippen molar-refractivity contribution in [2.45, 2.75) is 40.3 Å². The van der Waals surface area contributed by atoms with Crippen LogP contribution >= 0.6 is 0 Å². The number of ether oxygens (including phenoxy) is 1. The smallest absolute Gasteiger partial charge is 0.408 e. The number of carbonyl (C=O) groups excluding carboxylic acids is 2. The maximum atomic E-state index is 13.4. The van der Waals surface area contributed by atoms with Gasteiger partial charge < -0.3 is 10.1 Å². The van der Waals surface area contributed by atoms with Crippen LogP contribution in [0.3, 0.4) is 0 Å². The fraction of sp³-hybridized carbons (Fsp3) is 0.467. The summed E-state index contributed by atoms with van der Waals surface area (Å²) >= 11 is 0. The summed E-state index contributed by atoms with van der Waals surface area (Å²) in [7, 11) is 0. The molecule has 0 heterocycles. The molecule has 4 nitrogen and oxygen atoms in total. The molecule has 0 aromatic heterocycles. The Morgan fingerprint density at radius 2 is 1.76 bits per heavy atom. The molecule has 21 heavy (non-hydrogen) atoms. The third-order valence-corrected chi connectivity index (χ3v) is 2.94. The Balaban J connectivity index is 2.68. The Kier molecular flexibility index (Phi) is 5.41. The minimum absolute atomic E-state index is 0.225. The van der Waals surface area contributed by atoms with Crippen LogP contribution in [0.4, 0.5) is 13.6 Å². The maximum absolute atomic E-state index is 13.4. The van der Waals surface area contributed by atoms with Gasteiger partial charge >= 0.3 is 6.09 Å². The second-order valence-corrected chi connectivity index (χ2v) is 5.83. The molecule has 0 aliphatic heterocycles. The van der Waals surface area contributed by atoms with Crippen molar-refractivity contribution in [1.29, 1.82) is 0 Å². The minimum Gasteiger partial charge on any atom is -0.444 e. The Hall–Kier alpha value is -1.98. The summed E-state index contributed by atoms with van der Waals surface area (Å²) in [6.45, 7) is 6.17. The van der Waals surface area contributed by atoms with Gasteiger partial charge in [-0.2, -0.15) is 0 Å². The lowest BCUT2D eigenvalue weighted by atomic mass is 9.85. The van der Waals surface area contributed by atoms with Crippen LogP contribution in [0.15, 0.2) is 18.2 Å². The molecule has 0 aliphatic carbocycles. The highest BCUT2D eigenvalue weighted by molar-refractivity contribution is 5.86. The fourth-order valence-corrected chi connectivity index (χ4v) is 1.90. The van der Waals surface area contributed by atoms with Gasteiger partial charge in [-0.05, 0) is 24.5 Å². The first-order valence-electron chi connectivity index (χ1n) is 6.49. The number of alkyl carbamates (subject to hydrolysis) is 1. The summed E-state index contributed by atoms with van der Waals surface area (Å²) in [6.07, 6.45) is -0.896. The van der Waals surface area contributed by atoms with Gasteiger partial charge in [0.25, 0.3) is 0 Å². The summed E-state index contributed by atoms with van der Waals surface area (Å²) < 4.78 is 31.5. The molecule has 1 aromatic rings. The SMILES string of the molecule is CC(=O)C(NC(=O)OCc1c(F)cccc1F)C(C)(C)C. The summed E-state index contributed by atoms with van der Waals surface area (Å²) in [5, 5.41) is 2.41. The van der Waals surface area contributed by atoms with E-state index in [0.717, 1.165) is 12.1 Å². The van der Waals surface area contributed by atoms with E-state index in [1.165, 1.54) is 13.0 Å². The molecule has 0 radical (unpaired) electrons. The second-order valence-electron chi connectivity index (χ2n) is 5.83. The predicted molar refractivity (Wildman–Crippen MR) is 73.6 cm³/mol. The fourth-order valence-electron chi connectivity index (χ4n) is 1.90. The summed E-state index contributed by atoms with van der Waals surface area (Å²) in [5.74, 6) is -1.81. The number of ketones is 1. The predicted octanol–water partition coefficient (Wildman–Crippen LogP) is 3.19. The van der Waals surface area contributed by atoms with E-state index in [2.05, 4.69) is 5.32 Å². The monoisotopic (exact) mass is 299 g/mol. The highest BCUT2D eigenvalue weighted by Gasteiger charge is 2.30. The van der Waals surface area contributed by atoms with Crippen molar-refractivity contribution in [2.75, 3.05) is 0 Å². The number of rotatable bonds is 4. The van der Waals surface area contributed by atoms with Crippen LogP contribution in [0.25, 0.3) is 0 Å². The van der Waals surface area contributed by atoms with Crippen LogP contribution in [0.1, 0.15) is 33.3 Å². The Morgan fingerprint density at radius 1 is 1.24 bits per heavy atom. The number of benzene rings is 1. The Labute approximate surface area is 122 Å². The van der Waals surface area contributed by atoms with Crippen LogP contribution < -0.4 is 5.32 Å². The lowest BCUT2D eigenvalue weighted by Gasteiger charge is -2.28. The number of hydrogen-bond acceptors (Lipinski definition) is 3. The van der Waals surface area contributed by atoms with Crippen molar-refractivity contribution in [3.63, 3.8) is 0 Å². The van der Waals surface area contributed by atoms with Gasteiger partial charge in [0.2, 0.25) is 0 Å². The number of carbonyl (C=O) groups is 2. The quantitative estimate of drug-likeness (QED) is 0.929. The van der Waals surface area contributed by atoms with Gasteiger partial charge in [-0.1, -0.05) is 26.8 Å². The molecule has 0 saturated heterocycles. The molecule has 1 rings (SSSR count). The summed E-state index contributed by atoms with van der Waals surface area (Å²) in [4.78, 5) is 23.2. The van der Waals surface area contributed by atoms with E-state index in [9.17, 15) is 18.4 Å². The van der Waals surface area contributed by atoms with Crippen LogP contribution in [0.2, 0.25) is 0 Å².